The van der Waals surface area contributed by atoms with Crippen molar-refractivity contribution in [2.45, 2.75) is 35.6 Å². The van der Waals surface area contributed by atoms with Gasteiger partial charge in [-0.3, -0.25) is 0 Å². The molecular formula is C19H24Cl2FN3O4S2. The van der Waals surface area contributed by atoms with Gasteiger partial charge in [0.1, 0.15) is 17.6 Å². The maximum absolute atomic E-state index is 13.2. The first kappa shape index (κ1) is 26.2. The SMILES string of the molecule is CC(O)C(CO)OC(Sc1ccc(Cl)c(Cl)c1)C(O)CN(N)/C=C(\N)c1ccc(F)s1. The fourth-order valence-corrected chi connectivity index (χ4v) is 4.49. The van der Waals surface area contributed by atoms with Crippen LogP contribution in [-0.2, 0) is 4.74 Å². The van der Waals surface area contributed by atoms with Crippen LogP contribution in [0.2, 0.25) is 10.0 Å². The summed E-state index contributed by atoms with van der Waals surface area (Å²) in [5, 5.41) is 31.5. The first-order valence-corrected chi connectivity index (χ1v) is 11.5. The highest BCUT2D eigenvalue weighted by molar-refractivity contribution is 7.99. The van der Waals surface area contributed by atoms with E-state index in [-0.39, 0.29) is 17.4 Å². The molecule has 7 N–H and O–H groups in total. The lowest BCUT2D eigenvalue weighted by Gasteiger charge is -2.30. The fourth-order valence-electron chi connectivity index (χ4n) is 2.43. The van der Waals surface area contributed by atoms with E-state index in [9.17, 15) is 19.7 Å². The van der Waals surface area contributed by atoms with Crippen LogP contribution in [0.3, 0.4) is 0 Å². The quantitative estimate of drug-likeness (QED) is 0.135. The number of hydrazine groups is 1. The van der Waals surface area contributed by atoms with E-state index in [2.05, 4.69) is 0 Å². The number of nitrogens with zero attached hydrogens (tertiary/aromatic N) is 1. The molecule has 0 amide bonds. The van der Waals surface area contributed by atoms with E-state index in [1.165, 1.54) is 25.3 Å². The zero-order valence-electron chi connectivity index (χ0n) is 16.5. The van der Waals surface area contributed by atoms with Gasteiger partial charge in [0.05, 0.1) is 39.9 Å². The summed E-state index contributed by atoms with van der Waals surface area (Å²) < 4.78 is 18.9. The van der Waals surface area contributed by atoms with Gasteiger partial charge in [-0.2, -0.15) is 4.39 Å². The van der Waals surface area contributed by atoms with E-state index in [1.807, 2.05) is 0 Å². The number of hydrogen-bond acceptors (Lipinski definition) is 9. The van der Waals surface area contributed by atoms with Crippen molar-refractivity contribution < 1.29 is 24.4 Å². The summed E-state index contributed by atoms with van der Waals surface area (Å²) in [6, 6.07) is 7.72. The average Bonchev–Trinajstić information content (AvgIpc) is 3.13. The van der Waals surface area contributed by atoms with Gasteiger partial charge in [0.2, 0.25) is 0 Å². The van der Waals surface area contributed by atoms with Gasteiger partial charge < -0.3 is 30.8 Å². The molecule has 7 nitrogen and oxygen atoms in total. The highest BCUT2D eigenvalue weighted by Gasteiger charge is 2.28. The van der Waals surface area contributed by atoms with Crippen LogP contribution < -0.4 is 11.6 Å². The molecule has 0 spiro atoms. The monoisotopic (exact) mass is 511 g/mol. The molecule has 0 saturated heterocycles. The molecule has 2 rings (SSSR count). The molecule has 2 aromatic rings. The Morgan fingerprint density at radius 1 is 1.29 bits per heavy atom. The fraction of sp³-hybridized carbons (Fsp3) is 0.368. The Labute approximate surface area is 198 Å². The molecule has 0 aliphatic carbocycles. The van der Waals surface area contributed by atoms with Gasteiger partial charge >= 0.3 is 0 Å². The zero-order valence-corrected chi connectivity index (χ0v) is 19.6. The van der Waals surface area contributed by atoms with Crippen molar-refractivity contribution in [2.24, 2.45) is 11.6 Å². The second kappa shape index (κ2) is 12.2. The van der Waals surface area contributed by atoms with Crippen molar-refractivity contribution >= 4 is 52.0 Å². The van der Waals surface area contributed by atoms with Crippen LogP contribution in [-0.4, -0.2) is 57.2 Å². The van der Waals surface area contributed by atoms with Crippen LogP contribution in [0.5, 0.6) is 0 Å². The smallest absolute Gasteiger partial charge is 0.177 e. The molecule has 0 aliphatic rings. The molecule has 1 heterocycles. The van der Waals surface area contributed by atoms with Crippen LogP contribution in [0.15, 0.2) is 41.4 Å². The molecule has 1 aromatic carbocycles. The van der Waals surface area contributed by atoms with Crippen molar-refractivity contribution in [1.82, 2.24) is 5.01 Å². The van der Waals surface area contributed by atoms with Gasteiger partial charge in [0.25, 0.3) is 0 Å². The lowest BCUT2D eigenvalue weighted by atomic mass is 10.2. The molecule has 12 heteroatoms. The molecule has 0 bridgehead atoms. The van der Waals surface area contributed by atoms with Gasteiger partial charge in [-0.15, -0.1) is 11.3 Å². The van der Waals surface area contributed by atoms with Gasteiger partial charge in [0, 0.05) is 11.1 Å². The number of thiophene rings is 1. The van der Waals surface area contributed by atoms with E-state index in [0.29, 0.717) is 19.8 Å². The predicted octanol–water partition coefficient (Wildman–Crippen LogP) is 2.86. The molecule has 31 heavy (non-hydrogen) atoms. The summed E-state index contributed by atoms with van der Waals surface area (Å²) in [6.07, 6.45) is -1.71. The maximum atomic E-state index is 13.2. The number of aliphatic hydroxyl groups excluding tert-OH is 3. The topological polar surface area (TPSA) is 125 Å². The van der Waals surface area contributed by atoms with E-state index >= 15 is 0 Å². The summed E-state index contributed by atoms with van der Waals surface area (Å²) in [7, 11) is 0. The number of halogens is 3. The summed E-state index contributed by atoms with van der Waals surface area (Å²) in [6.45, 7) is 0.907. The molecule has 4 unspecified atom stereocenters. The van der Waals surface area contributed by atoms with Crippen LogP contribution in [0.1, 0.15) is 11.8 Å². The number of thioether (sulfide) groups is 1. The van der Waals surface area contributed by atoms with Gasteiger partial charge in [-0.25, -0.2) is 5.84 Å². The molecule has 0 aliphatic heterocycles. The summed E-state index contributed by atoms with van der Waals surface area (Å²) >= 11 is 14.0. The first-order valence-electron chi connectivity index (χ1n) is 9.09. The number of aliphatic hydroxyl groups is 3. The number of ether oxygens (including phenoxy) is 1. The molecule has 4 atom stereocenters. The van der Waals surface area contributed by atoms with Crippen molar-refractivity contribution in [1.29, 1.82) is 0 Å². The molecule has 0 radical (unpaired) electrons. The zero-order chi connectivity index (χ0) is 23.1. The van der Waals surface area contributed by atoms with Crippen LogP contribution >= 0.6 is 46.3 Å². The van der Waals surface area contributed by atoms with Gasteiger partial charge in [-0.05, 0) is 37.3 Å². The van der Waals surface area contributed by atoms with Crippen molar-refractivity contribution in [2.75, 3.05) is 13.2 Å². The highest BCUT2D eigenvalue weighted by Crippen LogP contribution is 2.33. The third kappa shape index (κ3) is 8.08. The maximum Gasteiger partial charge on any atom is 0.177 e. The third-order valence-corrected chi connectivity index (χ3v) is 6.89. The lowest BCUT2D eigenvalue weighted by molar-refractivity contribution is -0.0970. The normalized spacial score (nSPS) is 16.1. The van der Waals surface area contributed by atoms with Gasteiger partial charge in [0.15, 0.2) is 5.13 Å². The Balaban J connectivity index is 2.15. The molecule has 0 saturated carbocycles. The number of nitrogens with two attached hydrogens (primary N) is 2. The Hall–Kier alpha value is -1.08. The predicted molar refractivity (Wildman–Crippen MR) is 123 cm³/mol. The number of rotatable bonds is 11. The van der Waals surface area contributed by atoms with Gasteiger partial charge in [-0.1, -0.05) is 35.0 Å². The molecule has 0 fully saturated rings. The van der Waals surface area contributed by atoms with E-state index in [1.54, 1.807) is 18.2 Å². The largest absolute Gasteiger partial charge is 0.396 e. The number of benzene rings is 1. The Morgan fingerprint density at radius 2 is 2.00 bits per heavy atom. The Morgan fingerprint density at radius 3 is 2.55 bits per heavy atom. The number of hydrogen-bond donors (Lipinski definition) is 5. The van der Waals surface area contributed by atoms with E-state index in [4.69, 9.17) is 39.5 Å². The first-order chi connectivity index (χ1) is 14.6. The average molecular weight is 512 g/mol. The Bertz CT molecular complexity index is 888. The second-order valence-corrected chi connectivity index (χ2v) is 9.63. The van der Waals surface area contributed by atoms with Crippen molar-refractivity contribution in [3.05, 3.63) is 56.6 Å². The van der Waals surface area contributed by atoms with Crippen LogP contribution in [0.4, 0.5) is 4.39 Å². The highest BCUT2D eigenvalue weighted by atomic mass is 35.5. The second-order valence-electron chi connectivity index (χ2n) is 6.61. The summed E-state index contributed by atoms with van der Waals surface area (Å²) in [5.41, 5.74) is 5.23. The summed E-state index contributed by atoms with van der Waals surface area (Å²) in [5.74, 6) is 5.94. The third-order valence-electron chi connectivity index (χ3n) is 4.04. The van der Waals surface area contributed by atoms with Crippen molar-refractivity contribution in [3.8, 4) is 0 Å². The van der Waals surface area contributed by atoms with E-state index in [0.717, 1.165) is 28.1 Å². The standard InChI is InChI=1S/C19H24Cl2FN3O4S2/c1-10(27)16(9-26)29-19(30-11-2-3-12(20)13(21)6-11)15(28)8-25(24)7-14(23)17-4-5-18(22)31-17/h2-7,10,15-16,19,26-28H,8-9,23-24H2,1H3/b14-7-. The molecule has 1 aromatic heterocycles. The Kier molecular flexibility index (Phi) is 10.3. The van der Waals surface area contributed by atoms with Crippen LogP contribution in [0, 0.1) is 5.13 Å². The minimum absolute atomic E-state index is 0.106. The van der Waals surface area contributed by atoms with Crippen molar-refractivity contribution in [3.63, 3.8) is 0 Å². The minimum atomic E-state index is -1.17. The summed E-state index contributed by atoms with van der Waals surface area (Å²) in [4.78, 5) is 1.14. The minimum Gasteiger partial charge on any atom is -0.396 e. The molecule has 172 valence electrons. The van der Waals surface area contributed by atoms with E-state index < -0.39 is 30.4 Å². The van der Waals surface area contributed by atoms with Crippen LogP contribution in [0.25, 0.3) is 5.70 Å². The lowest BCUT2D eigenvalue weighted by Crippen LogP contribution is -2.43. The molecular weight excluding hydrogens is 488 g/mol.